The van der Waals surface area contributed by atoms with Crippen molar-refractivity contribution in [2.45, 2.75) is 13.8 Å². The summed E-state index contributed by atoms with van der Waals surface area (Å²) in [6, 6.07) is 46.8. The van der Waals surface area contributed by atoms with Crippen LogP contribution >= 0.6 is 125 Å². The largest absolute Gasteiger partial charge is 0.343 e. The third-order valence-electron chi connectivity index (χ3n) is 14.7. The molecule has 0 unspecified atom stereocenters. The Morgan fingerprint density at radius 1 is 0.333 bits per heavy atom. The molecule has 0 aromatic heterocycles. The third-order valence-corrected chi connectivity index (χ3v) is 17.5. The fraction of sp³-hybridized carbons (Fsp3) is 0.0556. The quantitative estimate of drug-likeness (QED) is 0.102. The summed E-state index contributed by atoms with van der Waals surface area (Å²) in [7, 11) is 3.07. The molecule has 0 atom stereocenters. The maximum atomic E-state index is 12.9. The van der Waals surface area contributed by atoms with Crippen molar-refractivity contribution in [2.24, 2.45) is 0 Å². The van der Waals surface area contributed by atoms with Gasteiger partial charge in [0.25, 0.3) is 23.6 Å². The molecule has 0 spiro atoms. The minimum atomic E-state index is -0.814. The van der Waals surface area contributed by atoms with E-state index < -0.39 is 59.6 Å². The van der Waals surface area contributed by atoms with Crippen LogP contribution in [0.1, 0.15) is 47.2 Å². The Morgan fingerprint density at radius 3 is 0.765 bits per heavy atom. The smallest absolute Gasteiger partial charge is 0.292 e. The highest BCUT2D eigenvalue weighted by molar-refractivity contribution is 9.10. The van der Waals surface area contributed by atoms with Crippen LogP contribution in [0.15, 0.2) is 202 Å². The van der Waals surface area contributed by atoms with Crippen LogP contribution in [-0.4, -0.2) is 93.3 Å². The topological polar surface area (TPSA) is 244 Å². The second-order valence-electron chi connectivity index (χ2n) is 21.7. The van der Waals surface area contributed by atoms with Crippen LogP contribution in [-0.2, 0) is 28.8 Å². The first-order valence-corrected chi connectivity index (χ1v) is 33.8. The minimum Gasteiger partial charge on any atom is -0.292 e. The molecule has 512 valence electrons. The second kappa shape index (κ2) is 32.8. The van der Waals surface area contributed by atoms with E-state index in [2.05, 4.69) is 31.9 Å². The standard InChI is InChI=1S/C19H11Cl2N3O3.C18H11BrCl2N2O3.C18H11Cl2N3O2.C17H11BrCl2N2O2/c1-11(25)23-17(6-12-2-4-13(10-22)5-3-12)18(26)24(19(23)27)16-8-14(20)7-15(21)9-16;1-10(24)22-16(6-11-2-4-12(19)5-3-11)17(25)23(18(22)26)15-8-13(20)7-14(21)9-15;1-22-16(6-11-2-4-12(10-21)5-3-11)17(24)23(18(22)25)15-8-13(19)7-14(20)9-15;1-21-15(6-10-2-4-11(18)5-3-10)16(23)22(17(21)24)14-8-12(19)7-13(20)9-14/h2-9H,1H3;2-9H,1H3;2-9H,1H3;2-9H,1H3/b17-6+;2*16-6+;15-6+. The fourth-order valence-electron chi connectivity index (χ4n) is 10.0. The monoisotopic (exact) mass is 1650 g/mol. The summed E-state index contributed by atoms with van der Waals surface area (Å²) in [5.41, 5.74) is 5.06. The van der Waals surface area contributed by atoms with E-state index in [1.165, 1.54) is 110 Å². The molecule has 14 amide bonds. The molecule has 30 heteroatoms. The predicted molar refractivity (Wildman–Crippen MR) is 400 cm³/mol. The van der Waals surface area contributed by atoms with Crippen molar-refractivity contribution in [2.75, 3.05) is 33.7 Å². The molecule has 20 nitrogen and oxygen atoms in total. The molecule has 4 fully saturated rings. The number of nitriles is 2. The van der Waals surface area contributed by atoms with Gasteiger partial charge in [-0.1, -0.05) is 173 Å². The molecule has 8 aromatic rings. The predicted octanol–water partition coefficient (Wildman–Crippen LogP) is 18.8. The van der Waals surface area contributed by atoms with E-state index in [0.717, 1.165) is 43.9 Å². The summed E-state index contributed by atoms with van der Waals surface area (Å²) >= 11 is 54.4. The molecule has 102 heavy (non-hydrogen) atoms. The van der Waals surface area contributed by atoms with Gasteiger partial charge >= 0.3 is 24.1 Å². The summed E-state index contributed by atoms with van der Waals surface area (Å²) in [4.78, 5) is 134. The van der Waals surface area contributed by atoms with Gasteiger partial charge in [-0.3, -0.25) is 38.6 Å². The number of benzene rings is 8. The van der Waals surface area contributed by atoms with Crippen LogP contribution in [0.25, 0.3) is 24.3 Å². The lowest BCUT2D eigenvalue weighted by atomic mass is 10.1. The van der Waals surface area contributed by atoms with Crippen LogP contribution in [0.2, 0.25) is 40.2 Å². The summed E-state index contributed by atoms with van der Waals surface area (Å²) < 4.78 is 1.80. The molecular formula is C72H44Br2Cl8N10O10. The third kappa shape index (κ3) is 17.5. The van der Waals surface area contributed by atoms with Crippen molar-refractivity contribution >= 4 is 231 Å². The Balaban J connectivity index is 0.000000158. The first-order valence-electron chi connectivity index (χ1n) is 29.2. The van der Waals surface area contributed by atoms with Crippen LogP contribution in [0.4, 0.5) is 41.9 Å². The van der Waals surface area contributed by atoms with Crippen LogP contribution in [0.5, 0.6) is 0 Å². The number of likely N-dealkylation sites (N-methyl/N-ethyl adjacent to an activating group) is 2. The number of hydrogen-bond donors (Lipinski definition) is 0. The van der Waals surface area contributed by atoms with E-state index in [9.17, 15) is 47.9 Å². The van der Waals surface area contributed by atoms with Gasteiger partial charge in [-0.25, -0.2) is 48.6 Å². The lowest BCUT2D eigenvalue weighted by Gasteiger charge is -2.14. The Kier molecular flexibility index (Phi) is 24.5. The highest BCUT2D eigenvalue weighted by Gasteiger charge is 2.47. The molecule has 4 aliphatic rings. The number of carbonyl (C=O) groups excluding carboxylic acids is 10. The molecule has 0 N–H and O–H groups in total. The summed E-state index contributed by atoms with van der Waals surface area (Å²) in [6.07, 6.45) is 6.15. The zero-order chi connectivity index (χ0) is 74.3. The Labute approximate surface area is 638 Å². The summed E-state index contributed by atoms with van der Waals surface area (Å²) in [5.74, 6) is -3.39. The van der Waals surface area contributed by atoms with Crippen LogP contribution < -0.4 is 19.6 Å². The number of nitrogens with zero attached hydrogens (tertiary/aromatic N) is 10. The Hall–Kier alpha value is -9.92. The maximum Gasteiger partial charge on any atom is 0.343 e. The first kappa shape index (κ1) is 76.3. The molecule has 0 radical (unpaired) electrons. The van der Waals surface area contributed by atoms with Gasteiger partial charge in [-0.05, 0) is 168 Å². The molecule has 4 saturated heterocycles. The van der Waals surface area contributed by atoms with E-state index in [1.807, 2.05) is 36.4 Å². The molecule has 8 aromatic carbocycles. The van der Waals surface area contributed by atoms with E-state index in [4.69, 9.17) is 103 Å². The summed E-state index contributed by atoms with van der Waals surface area (Å²) in [5, 5.41) is 20.1. The average Bonchev–Trinajstić information content (AvgIpc) is 1.64. The number of urea groups is 4. The van der Waals surface area contributed by atoms with Gasteiger partial charge in [0.05, 0.1) is 46.0 Å². The maximum absolute atomic E-state index is 12.9. The van der Waals surface area contributed by atoms with Gasteiger partial charge in [0, 0.05) is 77.1 Å². The minimum absolute atomic E-state index is 0.0408. The SMILES string of the molecule is CC(=O)N1C(=O)N(c2cc(Cl)cc(Cl)c2)C(=O)/C1=C\c1ccc(Br)cc1.CC(=O)N1C(=O)N(c2cc(Cl)cc(Cl)c2)C(=O)/C1=C\c1ccc(C#N)cc1.CN1C(=O)N(c2cc(Cl)cc(Cl)c2)C(=O)/C1=C\c1ccc(Br)cc1.CN1C(=O)N(c2cc(Cl)cc(Cl)c2)C(=O)/C1=C\c1ccc(C#N)cc1. The van der Waals surface area contributed by atoms with Crippen molar-refractivity contribution in [1.82, 2.24) is 19.6 Å². The lowest BCUT2D eigenvalue weighted by molar-refractivity contribution is -0.125. The van der Waals surface area contributed by atoms with E-state index in [-0.39, 0.29) is 54.3 Å². The molecule has 12 rings (SSSR count). The molecule has 4 aliphatic heterocycles. The van der Waals surface area contributed by atoms with Crippen molar-refractivity contribution in [3.8, 4) is 12.1 Å². The van der Waals surface area contributed by atoms with Gasteiger partial charge < -0.3 is 0 Å². The zero-order valence-electron chi connectivity index (χ0n) is 52.8. The van der Waals surface area contributed by atoms with Gasteiger partial charge in [-0.2, -0.15) is 10.5 Å². The number of anilines is 4. The van der Waals surface area contributed by atoms with Gasteiger partial charge in [0.1, 0.15) is 22.8 Å². The number of halogens is 10. The number of amides is 14. The highest BCUT2D eigenvalue weighted by atomic mass is 79.9. The van der Waals surface area contributed by atoms with Gasteiger partial charge in [0.15, 0.2) is 0 Å². The Morgan fingerprint density at radius 2 is 0.539 bits per heavy atom. The summed E-state index contributed by atoms with van der Waals surface area (Å²) in [6.45, 7) is 2.40. The second-order valence-corrected chi connectivity index (χ2v) is 27.0. The Bertz CT molecular complexity index is 4980. The normalized spacial score (nSPS) is 15.9. The molecular weight excluding hydrogens is 1610 g/mol. The van der Waals surface area contributed by atoms with Gasteiger partial charge in [0.2, 0.25) is 11.8 Å². The van der Waals surface area contributed by atoms with Crippen molar-refractivity contribution < 1.29 is 47.9 Å². The highest BCUT2D eigenvalue weighted by Crippen LogP contribution is 2.38. The van der Waals surface area contributed by atoms with E-state index in [1.54, 1.807) is 98.1 Å². The number of hydrogen-bond acceptors (Lipinski definition) is 12. The van der Waals surface area contributed by atoms with E-state index >= 15 is 0 Å². The fourth-order valence-corrected chi connectivity index (χ4v) is 12.6. The van der Waals surface area contributed by atoms with Gasteiger partial charge in [-0.15, -0.1) is 0 Å². The van der Waals surface area contributed by atoms with Crippen LogP contribution in [0, 0.1) is 22.7 Å². The first-order chi connectivity index (χ1) is 48.3. The van der Waals surface area contributed by atoms with Crippen molar-refractivity contribution in [3.05, 3.63) is 275 Å². The molecule has 4 heterocycles. The van der Waals surface area contributed by atoms with Crippen molar-refractivity contribution in [3.63, 3.8) is 0 Å². The van der Waals surface area contributed by atoms with Crippen molar-refractivity contribution in [1.29, 1.82) is 10.5 Å². The van der Waals surface area contributed by atoms with Crippen LogP contribution in [0.3, 0.4) is 0 Å². The molecule has 0 aliphatic carbocycles. The average molecular weight is 1650 g/mol. The number of imide groups is 6. The number of carbonyl (C=O) groups is 10. The lowest BCUT2D eigenvalue weighted by Crippen LogP contribution is -2.35. The zero-order valence-corrected chi connectivity index (χ0v) is 62.0. The number of rotatable bonds is 8. The van der Waals surface area contributed by atoms with E-state index in [0.29, 0.717) is 59.3 Å². The molecule has 0 bridgehead atoms. The molecule has 0 saturated carbocycles.